The van der Waals surface area contributed by atoms with Crippen LogP contribution < -0.4 is 11.0 Å². The predicted octanol–water partition coefficient (Wildman–Crippen LogP) is 1.85. The molecule has 3 aromatic rings. The van der Waals surface area contributed by atoms with Crippen molar-refractivity contribution in [3.05, 3.63) is 64.6 Å². The van der Waals surface area contributed by atoms with E-state index in [1.54, 1.807) is 11.6 Å². The number of fused-ring (bicyclic) bond motifs is 1. The van der Waals surface area contributed by atoms with E-state index < -0.39 is 0 Å². The first-order valence-corrected chi connectivity index (χ1v) is 9.95. The fraction of sp³-hybridized carbons (Fsp3) is 0.364. The Balaban J connectivity index is 1.36. The molecule has 0 spiro atoms. The number of imidazole rings is 1. The molecule has 29 heavy (non-hydrogen) atoms. The van der Waals surface area contributed by atoms with Gasteiger partial charge in [0.2, 0.25) is 5.91 Å². The summed E-state index contributed by atoms with van der Waals surface area (Å²) in [6, 6.07) is 15.4. The number of para-hydroxylation sites is 2. The van der Waals surface area contributed by atoms with Crippen LogP contribution in [0.1, 0.15) is 5.56 Å². The maximum atomic E-state index is 12.5. The second-order valence-electron chi connectivity index (χ2n) is 7.37. The van der Waals surface area contributed by atoms with E-state index in [9.17, 15) is 9.59 Å². The molecule has 1 aliphatic heterocycles. The van der Waals surface area contributed by atoms with Gasteiger partial charge in [-0.2, -0.15) is 0 Å². The number of anilines is 1. The van der Waals surface area contributed by atoms with Crippen LogP contribution in [0.25, 0.3) is 11.0 Å². The molecule has 1 N–H and O–H groups in total. The Morgan fingerprint density at radius 3 is 2.45 bits per heavy atom. The zero-order chi connectivity index (χ0) is 20.2. The van der Waals surface area contributed by atoms with Gasteiger partial charge in [0.15, 0.2) is 0 Å². The van der Waals surface area contributed by atoms with Crippen molar-refractivity contribution in [3.63, 3.8) is 0 Å². The number of aromatic nitrogens is 2. The molecule has 1 aliphatic rings. The summed E-state index contributed by atoms with van der Waals surface area (Å²) in [4.78, 5) is 27.4. The van der Waals surface area contributed by atoms with Crippen LogP contribution in [0.5, 0.6) is 0 Å². The lowest BCUT2D eigenvalue weighted by Gasteiger charge is -2.26. The third kappa shape index (κ3) is 4.41. The minimum atomic E-state index is -0.218. The molecule has 1 fully saturated rings. The van der Waals surface area contributed by atoms with Crippen molar-refractivity contribution in [2.45, 2.75) is 13.0 Å². The Morgan fingerprint density at radius 2 is 1.72 bits per heavy atom. The van der Waals surface area contributed by atoms with E-state index in [0.29, 0.717) is 0 Å². The zero-order valence-electron chi connectivity index (χ0n) is 16.6. The highest BCUT2D eigenvalue weighted by Gasteiger charge is 2.13. The topological polar surface area (TPSA) is 68.5 Å². The van der Waals surface area contributed by atoms with Crippen LogP contribution in [-0.4, -0.2) is 52.8 Å². The number of carbonyl (C=O) groups excluding carboxylic acids is 1. The Labute approximate surface area is 169 Å². The standard InChI is InChI=1S/C22H26N4O3/c1-24-19-4-2-3-5-20(19)26(22(24)28)16-21(27)23-18-8-6-17(7-9-18)10-11-25-12-14-29-15-13-25/h2-9H,10-16H2,1H3,(H,23,27). The molecule has 7 heteroatoms. The molecular formula is C22H26N4O3. The number of amides is 1. The number of hydrogen-bond donors (Lipinski definition) is 1. The van der Waals surface area contributed by atoms with Crippen molar-refractivity contribution in [2.75, 3.05) is 38.2 Å². The first kappa shape index (κ1) is 19.4. The summed E-state index contributed by atoms with van der Waals surface area (Å²) in [7, 11) is 1.72. The van der Waals surface area contributed by atoms with Gasteiger partial charge >= 0.3 is 5.69 Å². The van der Waals surface area contributed by atoms with Crippen molar-refractivity contribution in [1.29, 1.82) is 0 Å². The Bertz CT molecular complexity index is 1050. The van der Waals surface area contributed by atoms with Gasteiger partial charge in [-0.25, -0.2) is 4.79 Å². The minimum absolute atomic E-state index is 0.0149. The molecule has 0 bridgehead atoms. The summed E-state index contributed by atoms with van der Waals surface area (Å²) in [5, 5.41) is 2.89. The maximum absolute atomic E-state index is 12.5. The minimum Gasteiger partial charge on any atom is -0.379 e. The van der Waals surface area contributed by atoms with Crippen LogP contribution in [-0.2, 0) is 29.5 Å². The maximum Gasteiger partial charge on any atom is 0.329 e. The van der Waals surface area contributed by atoms with Gasteiger partial charge in [-0.1, -0.05) is 24.3 Å². The van der Waals surface area contributed by atoms with Gasteiger partial charge in [-0.05, 0) is 36.2 Å². The van der Waals surface area contributed by atoms with Crippen LogP contribution in [0.2, 0.25) is 0 Å². The summed E-state index contributed by atoms with van der Waals surface area (Å²) in [6.07, 6.45) is 0.972. The highest BCUT2D eigenvalue weighted by molar-refractivity contribution is 5.91. The molecule has 2 aromatic carbocycles. The van der Waals surface area contributed by atoms with Crippen LogP contribution in [0.4, 0.5) is 5.69 Å². The second-order valence-corrected chi connectivity index (χ2v) is 7.37. The van der Waals surface area contributed by atoms with Gasteiger partial charge in [0.05, 0.1) is 24.2 Å². The second kappa shape index (κ2) is 8.63. The molecule has 1 aromatic heterocycles. The molecule has 0 saturated carbocycles. The zero-order valence-corrected chi connectivity index (χ0v) is 16.6. The SMILES string of the molecule is Cn1c(=O)n(CC(=O)Nc2ccc(CCN3CCOCC3)cc2)c2ccccc21. The molecule has 2 heterocycles. The summed E-state index contributed by atoms with van der Waals surface area (Å²) in [6.45, 7) is 4.59. The number of benzene rings is 2. The molecule has 0 unspecified atom stereocenters. The van der Waals surface area contributed by atoms with Crippen molar-refractivity contribution < 1.29 is 9.53 Å². The van der Waals surface area contributed by atoms with Gasteiger partial charge in [0, 0.05) is 32.4 Å². The van der Waals surface area contributed by atoms with Crippen LogP contribution in [0, 0.1) is 0 Å². The number of morpholine rings is 1. The number of nitrogens with one attached hydrogen (secondary N) is 1. The normalized spacial score (nSPS) is 14.9. The molecule has 4 rings (SSSR count). The van der Waals surface area contributed by atoms with E-state index in [0.717, 1.165) is 56.0 Å². The summed E-state index contributed by atoms with van der Waals surface area (Å²) < 4.78 is 8.44. The van der Waals surface area contributed by atoms with Gasteiger partial charge in [-0.15, -0.1) is 0 Å². The number of aryl methyl sites for hydroxylation is 1. The van der Waals surface area contributed by atoms with Crippen LogP contribution in [0.15, 0.2) is 53.3 Å². The largest absolute Gasteiger partial charge is 0.379 e. The first-order chi connectivity index (χ1) is 14.1. The number of ether oxygens (including phenoxy) is 1. The van der Waals surface area contributed by atoms with E-state index in [4.69, 9.17) is 4.74 Å². The van der Waals surface area contributed by atoms with Crippen LogP contribution >= 0.6 is 0 Å². The van der Waals surface area contributed by atoms with E-state index in [1.165, 1.54) is 10.1 Å². The summed E-state index contributed by atoms with van der Waals surface area (Å²) in [5.41, 5.74) is 3.35. The van der Waals surface area contributed by atoms with Crippen molar-refractivity contribution in [1.82, 2.24) is 14.0 Å². The Kier molecular flexibility index (Phi) is 5.78. The quantitative estimate of drug-likeness (QED) is 0.693. The van der Waals surface area contributed by atoms with Crippen molar-refractivity contribution >= 4 is 22.6 Å². The summed E-state index contributed by atoms with van der Waals surface area (Å²) in [5.74, 6) is -0.218. The van der Waals surface area contributed by atoms with E-state index in [1.807, 2.05) is 48.5 Å². The fourth-order valence-corrected chi connectivity index (χ4v) is 3.73. The number of rotatable bonds is 6. The molecule has 0 atom stereocenters. The number of nitrogens with zero attached hydrogens (tertiary/aromatic N) is 3. The van der Waals surface area contributed by atoms with Gasteiger partial charge < -0.3 is 10.1 Å². The Morgan fingerprint density at radius 1 is 1.03 bits per heavy atom. The lowest BCUT2D eigenvalue weighted by molar-refractivity contribution is -0.116. The highest BCUT2D eigenvalue weighted by Crippen LogP contribution is 2.13. The average molecular weight is 394 g/mol. The van der Waals surface area contributed by atoms with Crippen molar-refractivity contribution in [3.8, 4) is 0 Å². The predicted molar refractivity (Wildman–Crippen MR) is 113 cm³/mol. The first-order valence-electron chi connectivity index (χ1n) is 9.95. The number of carbonyl (C=O) groups is 1. The van der Waals surface area contributed by atoms with Gasteiger partial charge in [0.25, 0.3) is 0 Å². The lowest BCUT2D eigenvalue weighted by atomic mass is 10.1. The van der Waals surface area contributed by atoms with E-state index in [-0.39, 0.29) is 18.1 Å². The van der Waals surface area contributed by atoms with Crippen LogP contribution in [0.3, 0.4) is 0 Å². The lowest BCUT2D eigenvalue weighted by Crippen LogP contribution is -2.37. The smallest absolute Gasteiger partial charge is 0.329 e. The molecule has 7 nitrogen and oxygen atoms in total. The summed E-state index contributed by atoms with van der Waals surface area (Å²) >= 11 is 0. The Hall–Kier alpha value is -2.90. The van der Waals surface area contributed by atoms with Gasteiger partial charge in [0.1, 0.15) is 6.54 Å². The third-order valence-corrected chi connectivity index (χ3v) is 5.41. The molecule has 0 aliphatic carbocycles. The number of hydrogen-bond acceptors (Lipinski definition) is 4. The monoisotopic (exact) mass is 394 g/mol. The van der Waals surface area contributed by atoms with E-state index in [2.05, 4.69) is 10.2 Å². The average Bonchev–Trinajstić information content (AvgIpc) is 2.99. The van der Waals surface area contributed by atoms with Gasteiger partial charge in [-0.3, -0.25) is 18.8 Å². The van der Waals surface area contributed by atoms with Crippen molar-refractivity contribution in [2.24, 2.45) is 7.05 Å². The molecule has 1 saturated heterocycles. The molecule has 1 amide bonds. The third-order valence-electron chi connectivity index (χ3n) is 5.41. The fourth-order valence-electron chi connectivity index (χ4n) is 3.73. The highest BCUT2D eigenvalue weighted by atomic mass is 16.5. The molecule has 0 radical (unpaired) electrons. The molecular weight excluding hydrogens is 368 g/mol. The molecule has 152 valence electrons. The van der Waals surface area contributed by atoms with E-state index >= 15 is 0 Å².